The van der Waals surface area contributed by atoms with Crippen LogP contribution in [0.25, 0.3) is 0 Å². The van der Waals surface area contributed by atoms with Gasteiger partial charge in [0.05, 0.1) is 0 Å². The second-order valence-electron chi connectivity index (χ2n) is 5.76. The number of nitrogens with one attached hydrogen (secondary N) is 1. The average molecular weight is 280 g/mol. The molecule has 1 aromatic carbocycles. The van der Waals surface area contributed by atoms with E-state index >= 15 is 0 Å². The molecule has 106 valence electrons. The lowest BCUT2D eigenvalue weighted by Crippen LogP contribution is -2.28. The van der Waals surface area contributed by atoms with Crippen molar-refractivity contribution in [3.8, 4) is 0 Å². The van der Waals surface area contributed by atoms with Crippen molar-refractivity contribution in [2.75, 3.05) is 13.1 Å². The van der Waals surface area contributed by atoms with E-state index in [0.717, 1.165) is 24.0 Å². The summed E-state index contributed by atoms with van der Waals surface area (Å²) in [5.74, 6) is 1.50. The van der Waals surface area contributed by atoms with Gasteiger partial charge < -0.3 is 5.32 Å². The minimum absolute atomic E-state index is 0.657. The van der Waals surface area contributed by atoms with Crippen LogP contribution in [-0.4, -0.2) is 13.1 Å². The van der Waals surface area contributed by atoms with Crippen LogP contribution in [0.4, 0.5) is 0 Å². The zero-order valence-electron chi connectivity index (χ0n) is 12.0. The number of hydrogen-bond donors (Lipinski definition) is 1. The first kappa shape index (κ1) is 14.9. The Bertz CT molecular complexity index is 354. The second kappa shape index (κ2) is 7.91. The highest BCUT2D eigenvalue weighted by Crippen LogP contribution is 2.36. The van der Waals surface area contributed by atoms with Gasteiger partial charge in [0.2, 0.25) is 0 Å². The van der Waals surface area contributed by atoms with Gasteiger partial charge in [0, 0.05) is 11.6 Å². The lowest BCUT2D eigenvalue weighted by molar-refractivity contribution is 0.297. The van der Waals surface area contributed by atoms with Crippen LogP contribution in [-0.2, 0) is 0 Å². The number of benzene rings is 1. The summed E-state index contributed by atoms with van der Waals surface area (Å²) in [6.45, 7) is 4.46. The summed E-state index contributed by atoms with van der Waals surface area (Å²) in [4.78, 5) is 0. The van der Waals surface area contributed by atoms with Crippen molar-refractivity contribution in [1.82, 2.24) is 5.32 Å². The molecule has 1 saturated carbocycles. The summed E-state index contributed by atoms with van der Waals surface area (Å²) in [6.07, 6.45) is 8.22. The molecular weight excluding hydrogens is 254 g/mol. The monoisotopic (exact) mass is 279 g/mol. The van der Waals surface area contributed by atoms with Gasteiger partial charge in [0.25, 0.3) is 0 Å². The minimum atomic E-state index is 0.657. The Hall–Kier alpha value is -0.530. The highest BCUT2D eigenvalue weighted by Gasteiger charge is 2.24. The summed E-state index contributed by atoms with van der Waals surface area (Å²) >= 11 is 6.01. The summed E-state index contributed by atoms with van der Waals surface area (Å²) in [7, 11) is 0. The molecule has 0 aliphatic heterocycles. The van der Waals surface area contributed by atoms with Gasteiger partial charge in [-0.3, -0.25) is 0 Å². The normalized spacial score (nSPS) is 18.4. The standard InChI is InChI=1S/C17H26ClN/c1-2-12-19-13-17(14-6-4-3-5-7-14)15-8-10-16(18)11-9-15/h8-11,14,17,19H,2-7,12-13H2,1H3. The number of hydrogen-bond acceptors (Lipinski definition) is 1. The van der Waals surface area contributed by atoms with Crippen molar-refractivity contribution in [3.63, 3.8) is 0 Å². The Kier molecular flexibility index (Phi) is 6.19. The van der Waals surface area contributed by atoms with Crippen LogP contribution in [0.15, 0.2) is 24.3 Å². The topological polar surface area (TPSA) is 12.0 Å². The molecule has 1 aromatic rings. The highest BCUT2D eigenvalue weighted by molar-refractivity contribution is 6.30. The first-order valence-corrected chi connectivity index (χ1v) is 8.15. The van der Waals surface area contributed by atoms with E-state index in [0.29, 0.717) is 5.92 Å². The largest absolute Gasteiger partial charge is 0.316 e. The van der Waals surface area contributed by atoms with Crippen LogP contribution >= 0.6 is 11.6 Å². The van der Waals surface area contributed by atoms with Crippen LogP contribution in [0.1, 0.15) is 56.9 Å². The van der Waals surface area contributed by atoms with E-state index in [4.69, 9.17) is 11.6 Å². The van der Waals surface area contributed by atoms with Crippen LogP contribution in [0.3, 0.4) is 0 Å². The van der Waals surface area contributed by atoms with E-state index in [1.807, 2.05) is 12.1 Å². The second-order valence-corrected chi connectivity index (χ2v) is 6.20. The van der Waals surface area contributed by atoms with Crippen molar-refractivity contribution >= 4 is 11.6 Å². The molecule has 19 heavy (non-hydrogen) atoms. The van der Waals surface area contributed by atoms with Crippen molar-refractivity contribution < 1.29 is 0 Å². The quantitative estimate of drug-likeness (QED) is 0.722. The molecule has 2 rings (SSSR count). The first-order valence-electron chi connectivity index (χ1n) is 7.77. The molecule has 1 aliphatic rings. The van der Waals surface area contributed by atoms with Crippen LogP contribution in [0.2, 0.25) is 5.02 Å². The van der Waals surface area contributed by atoms with E-state index in [9.17, 15) is 0 Å². The number of rotatable bonds is 6. The van der Waals surface area contributed by atoms with Gasteiger partial charge in [-0.2, -0.15) is 0 Å². The summed E-state index contributed by atoms with van der Waals surface area (Å²) in [5, 5.41) is 4.45. The van der Waals surface area contributed by atoms with Crippen LogP contribution in [0, 0.1) is 5.92 Å². The maximum Gasteiger partial charge on any atom is 0.0406 e. The molecule has 2 heteroatoms. The smallest absolute Gasteiger partial charge is 0.0406 e. The molecule has 0 spiro atoms. The van der Waals surface area contributed by atoms with E-state index in [-0.39, 0.29) is 0 Å². The third-order valence-corrected chi connectivity index (χ3v) is 4.56. The summed E-state index contributed by atoms with van der Waals surface area (Å²) in [6, 6.07) is 8.50. The summed E-state index contributed by atoms with van der Waals surface area (Å²) in [5.41, 5.74) is 1.46. The zero-order valence-corrected chi connectivity index (χ0v) is 12.8. The third-order valence-electron chi connectivity index (χ3n) is 4.31. The molecular formula is C17H26ClN. The Balaban J connectivity index is 2.05. The predicted octanol–water partition coefficient (Wildman–Crippen LogP) is 5.00. The lowest BCUT2D eigenvalue weighted by atomic mass is 9.77. The van der Waals surface area contributed by atoms with Gasteiger partial charge in [0.15, 0.2) is 0 Å². The maximum absolute atomic E-state index is 6.01. The van der Waals surface area contributed by atoms with Gasteiger partial charge in [-0.25, -0.2) is 0 Å². The molecule has 1 nitrogen and oxygen atoms in total. The van der Waals surface area contributed by atoms with Crippen LogP contribution < -0.4 is 5.32 Å². The Morgan fingerprint density at radius 2 is 1.84 bits per heavy atom. The molecule has 1 aliphatic carbocycles. The molecule has 1 atom stereocenters. The molecule has 0 aromatic heterocycles. The van der Waals surface area contributed by atoms with Gasteiger partial charge in [-0.05, 0) is 55.3 Å². The Labute approximate surface area is 122 Å². The van der Waals surface area contributed by atoms with E-state index in [2.05, 4.69) is 24.4 Å². The maximum atomic E-state index is 6.01. The molecule has 0 saturated heterocycles. The molecule has 1 N–H and O–H groups in total. The van der Waals surface area contributed by atoms with Gasteiger partial charge in [-0.1, -0.05) is 49.9 Å². The molecule has 0 bridgehead atoms. The average Bonchev–Trinajstić information content (AvgIpc) is 2.46. The van der Waals surface area contributed by atoms with E-state index in [1.54, 1.807) is 0 Å². The van der Waals surface area contributed by atoms with Gasteiger partial charge in [0.1, 0.15) is 0 Å². The SMILES string of the molecule is CCCNCC(c1ccc(Cl)cc1)C1CCCCC1. The predicted molar refractivity (Wildman–Crippen MR) is 83.9 cm³/mol. The van der Waals surface area contributed by atoms with Crippen LogP contribution in [0.5, 0.6) is 0 Å². The van der Waals surface area contributed by atoms with Crippen molar-refractivity contribution in [3.05, 3.63) is 34.9 Å². The molecule has 1 unspecified atom stereocenters. The van der Waals surface area contributed by atoms with E-state index < -0.39 is 0 Å². The fraction of sp³-hybridized carbons (Fsp3) is 0.647. The van der Waals surface area contributed by atoms with Crippen molar-refractivity contribution in [2.45, 2.75) is 51.4 Å². The van der Waals surface area contributed by atoms with Gasteiger partial charge >= 0.3 is 0 Å². The third kappa shape index (κ3) is 4.50. The molecule has 0 radical (unpaired) electrons. The first-order chi connectivity index (χ1) is 9.31. The fourth-order valence-corrected chi connectivity index (χ4v) is 3.36. The molecule has 0 heterocycles. The Morgan fingerprint density at radius 3 is 2.47 bits per heavy atom. The zero-order chi connectivity index (χ0) is 13.5. The highest BCUT2D eigenvalue weighted by atomic mass is 35.5. The lowest BCUT2D eigenvalue weighted by Gasteiger charge is -2.31. The van der Waals surface area contributed by atoms with E-state index in [1.165, 1.54) is 44.1 Å². The van der Waals surface area contributed by atoms with Crippen molar-refractivity contribution in [2.24, 2.45) is 5.92 Å². The van der Waals surface area contributed by atoms with Crippen molar-refractivity contribution in [1.29, 1.82) is 0 Å². The molecule has 0 amide bonds. The minimum Gasteiger partial charge on any atom is -0.316 e. The molecule has 1 fully saturated rings. The Morgan fingerprint density at radius 1 is 1.16 bits per heavy atom. The fourth-order valence-electron chi connectivity index (χ4n) is 3.24. The van der Waals surface area contributed by atoms with Gasteiger partial charge in [-0.15, -0.1) is 0 Å². The number of halogens is 1. The summed E-state index contributed by atoms with van der Waals surface area (Å²) < 4.78 is 0.